The molecule has 0 amide bonds. The normalized spacial score (nSPS) is 11.8. The van der Waals surface area contributed by atoms with E-state index in [0.29, 0.717) is 0 Å². The molecule has 0 fully saturated rings. The van der Waals surface area contributed by atoms with Crippen molar-refractivity contribution in [1.82, 2.24) is 5.32 Å². The Hall–Kier alpha value is -1.49. The number of aryl methyl sites for hydroxylation is 1. The average Bonchev–Trinajstić information content (AvgIpc) is 2.05. The highest BCUT2D eigenvalue weighted by Gasteiger charge is 2.04. The highest BCUT2D eigenvalue weighted by atomic mass is 14.9. The maximum atomic E-state index is 8.43. The summed E-state index contributed by atoms with van der Waals surface area (Å²) in [6.07, 6.45) is 1.94. The largest absolute Gasteiger partial charge is 0.317 e. The van der Waals surface area contributed by atoms with Crippen LogP contribution < -0.4 is 5.32 Å². The molecule has 0 bridgehead atoms. The number of nitriles is 1. The Morgan fingerprint density at radius 1 is 1.42 bits per heavy atom. The van der Waals surface area contributed by atoms with E-state index in [0.717, 1.165) is 0 Å². The minimum absolute atomic E-state index is 0.108. The molecule has 2 heteroatoms. The molecular formula is C10H12N2. The Labute approximate surface area is 72.8 Å². The van der Waals surface area contributed by atoms with Crippen molar-refractivity contribution >= 4 is 0 Å². The average molecular weight is 160 g/mol. The number of rotatable bonds is 2. The third kappa shape index (κ3) is 1.76. The van der Waals surface area contributed by atoms with E-state index in [1.165, 1.54) is 11.1 Å². The van der Waals surface area contributed by atoms with Gasteiger partial charge in [-0.2, -0.15) is 5.26 Å². The van der Waals surface area contributed by atoms with E-state index in [9.17, 15) is 0 Å². The van der Waals surface area contributed by atoms with Crippen molar-refractivity contribution in [3.63, 3.8) is 0 Å². The predicted molar refractivity (Wildman–Crippen MR) is 48.3 cm³/mol. The molecule has 0 heterocycles. The van der Waals surface area contributed by atoms with Crippen LogP contribution in [0.1, 0.15) is 24.1 Å². The van der Waals surface area contributed by atoms with Crippen molar-refractivity contribution in [2.45, 2.75) is 19.9 Å². The quantitative estimate of drug-likeness (QED) is 0.531. The molecule has 0 saturated heterocycles. The molecule has 1 rings (SSSR count). The van der Waals surface area contributed by atoms with E-state index in [-0.39, 0.29) is 6.04 Å². The first kappa shape index (κ1) is 8.61. The molecule has 1 aromatic rings. The summed E-state index contributed by atoms with van der Waals surface area (Å²) in [4.78, 5) is 0. The molecule has 0 aliphatic heterocycles. The fourth-order valence-corrected chi connectivity index (χ4v) is 1.25. The van der Waals surface area contributed by atoms with Gasteiger partial charge in [0.25, 0.3) is 0 Å². The Kier molecular flexibility index (Phi) is 2.71. The van der Waals surface area contributed by atoms with Gasteiger partial charge in [0.1, 0.15) is 0 Å². The Bertz CT molecular complexity index is 299. The maximum Gasteiger partial charge on any atom is 0.177 e. The lowest BCUT2D eigenvalue weighted by Crippen LogP contribution is -2.12. The molecule has 0 aliphatic carbocycles. The minimum Gasteiger partial charge on any atom is -0.317 e. The van der Waals surface area contributed by atoms with E-state index >= 15 is 0 Å². The SMILES string of the molecule is Cc1ccccc1[C@@H](C)NC#N. The van der Waals surface area contributed by atoms with E-state index in [1.807, 2.05) is 44.3 Å². The highest BCUT2D eigenvalue weighted by Crippen LogP contribution is 2.15. The molecule has 0 spiro atoms. The zero-order chi connectivity index (χ0) is 8.97. The lowest BCUT2D eigenvalue weighted by atomic mass is 10.0. The van der Waals surface area contributed by atoms with Crippen LogP contribution in [0.25, 0.3) is 0 Å². The van der Waals surface area contributed by atoms with Gasteiger partial charge in [-0.15, -0.1) is 0 Å². The van der Waals surface area contributed by atoms with Crippen LogP contribution >= 0.6 is 0 Å². The van der Waals surface area contributed by atoms with Gasteiger partial charge >= 0.3 is 0 Å². The third-order valence-corrected chi connectivity index (χ3v) is 1.94. The zero-order valence-corrected chi connectivity index (χ0v) is 7.33. The molecule has 1 atom stereocenters. The van der Waals surface area contributed by atoms with Crippen molar-refractivity contribution in [3.05, 3.63) is 35.4 Å². The van der Waals surface area contributed by atoms with Gasteiger partial charge < -0.3 is 5.32 Å². The standard InChI is InChI=1S/C10H12N2/c1-8-5-3-4-6-10(8)9(2)12-7-11/h3-6,9,12H,1-2H3/t9-/m1/s1. The molecule has 12 heavy (non-hydrogen) atoms. The fourth-order valence-electron chi connectivity index (χ4n) is 1.25. The topological polar surface area (TPSA) is 35.8 Å². The first-order chi connectivity index (χ1) is 5.75. The summed E-state index contributed by atoms with van der Waals surface area (Å²) in [5, 5.41) is 11.1. The van der Waals surface area contributed by atoms with Crippen LogP contribution in [0.5, 0.6) is 0 Å². The van der Waals surface area contributed by atoms with E-state index < -0.39 is 0 Å². The molecular weight excluding hydrogens is 148 g/mol. The fraction of sp³-hybridized carbons (Fsp3) is 0.300. The first-order valence-electron chi connectivity index (χ1n) is 3.96. The summed E-state index contributed by atoms with van der Waals surface area (Å²) in [6.45, 7) is 4.02. The summed E-state index contributed by atoms with van der Waals surface area (Å²) < 4.78 is 0. The first-order valence-corrected chi connectivity index (χ1v) is 3.96. The summed E-state index contributed by atoms with van der Waals surface area (Å²) >= 11 is 0. The highest BCUT2D eigenvalue weighted by molar-refractivity contribution is 5.28. The molecule has 1 N–H and O–H groups in total. The van der Waals surface area contributed by atoms with E-state index in [2.05, 4.69) is 5.32 Å². The number of nitrogens with zero attached hydrogens (tertiary/aromatic N) is 1. The second-order valence-electron chi connectivity index (χ2n) is 2.83. The third-order valence-electron chi connectivity index (χ3n) is 1.94. The van der Waals surface area contributed by atoms with E-state index in [4.69, 9.17) is 5.26 Å². The Morgan fingerprint density at radius 3 is 2.67 bits per heavy atom. The van der Waals surface area contributed by atoms with Gasteiger partial charge in [-0.3, -0.25) is 0 Å². The van der Waals surface area contributed by atoms with Gasteiger partial charge in [0.2, 0.25) is 0 Å². The van der Waals surface area contributed by atoms with Crippen molar-refractivity contribution in [3.8, 4) is 6.19 Å². The van der Waals surface area contributed by atoms with Crippen LogP contribution in [0, 0.1) is 18.4 Å². The van der Waals surface area contributed by atoms with Crippen LogP contribution in [0.2, 0.25) is 0 Å². The van der Waals surface area contributed by atoms with Gasteiger partial charge in [0.05, 0.1) is 6.04 Å². The molecule has 2 nitrogen and oxygen atoms in total. The predicted octanol–water partition coefficient (Wildman–Crippen LogP) is 2.13. The van der Waals surface area contributed by atoms with Crippen LogP contribution in [0.3, 0.4) is 0 Å². The zero-order valence-electron chi connectivity index (χ0n) is 7.33. The molecule has 0 aliphatic rings. The Morgan fingerprint density at radius 2 is 2.08 bits per heavy atom. The van der Waals surface area contributed by atoms with E-state index in [1.54, 1.807) is 0 Å². The molecule has 62 valence electrons. The molecule has 0 saturated carbocycles. The summed E-state index contributed by atoms with van der Waals surface area (Å²) in [5.74, 6) is 0. The van der Waals surface area contributed by atoms with Crippen molar-refractivity contribution in [2.24, 2.45) is 0 Å². The summed E-state index contributed by atoms with van der Waals surface area (Å²) in [5.41, 5.74) is 2.40. The van der Waals surface area contributed by atoms with Crippen molar-refractivity contribution in [1.29, 1.82) is 5.26 Å². The molecule has 0 aromatic heterocycles. The monoisotopic (exact) mass is 160 g/mol. The second-order valence-corrected chi connectivity index (χ2v) is 2.83. The van der Waals surface area contributed by atoms with Gasteiger partial charge in [-0.25, -0.2) is 0 Å². The summed E-state index contributed by atoms with van der Waals surface area (Å²) in [7, 11) is 0. The summed E-state index contributed by atoms with van der Waals surface area (Å²) in [6, 6.07) is 8.17. The molecule has 1 aromatic carbocycles. The van der Waals surface area contributed by atoms with Crippen molar-refractivity contribution < 1.29 is 0 Å². The minimum atomic E-state index is 0.108. The van der Waals surface area contributed by atoms with Crippen LogP contribution in [-0.4, -0.2) is 0 Å². The second kappa shape index (κ2) is 3.77. The van der Waals surface area contributed by atoms with Crippen molar-refractivity contribution in [2.75, 3.05) is 0 Å². The lowest BCUT2D eigenvalue weighted by molar-refractivity contribution is 0.693. The molecule has 0 unspecified atom stereocenters. The number of nitrogens with one attached hydrogen (secondary N) is 1. The smallest absolute Gasteiger partial charge is 0.177 e. The Balaban J connectivity index is 2.88. The number of hydrogen-bond acceptors (Lipinski definition) is 2. The van der Waals surface area contributed by atoms with Gasteiger partial charge in [0.15, 0.2) is 6.19 Å². The van der Waals surface area contributed by atoms with Gasteiger partial charge in [-0.1, -0.05) is 24.3 Å². The number of hydrogen-bond donors (Lipinski definition) is 1. The van der Waals surface area contributed by atoms with Crippen LogP contribution in [0.15, 0.2) is 24.3 Å². The maximum absolute atomic E-state index is 8.43. The van der Waals surface area contributed by atoms with Crippen LogP contribution in [-0.2, 0) is 0 Å². The van der Waals surface area contributed by atoms with Crippen LogP contribution in [0.4, 0.5) is 0 Å². The number of benzene rings is 1. The van der Waals surface area contributed by atoms with Gasteiger partial charge in [0, 0.05) is 0 Å². The lowest BCUT2D eigenvalue weighted by Gasteiger charge is -2.11. The molecule has 0 radical (unpaired) electrons. The van der Waals surface area contributed by atoms with Gasteiger partial charge in [-0.05, 0) is 25.0 Å².